The van der Waals surface area contributed by atoms with Crippen molar-refractivity contribution in [3.05, 3.63) is 16.7 Å². The lowest BCUT2D eigenvalue weighted by atomic mass is 10.2. The Bertz CT molecular complexity index is 421. The maximum absolute atomic E-state index is 11.5. The second-order valence-corrected chi connectivity index (χ2v) is 3.99. The molecule has 0 spiro atoms. The molecular formula is C11H15ClN2O3. The summed E-state index contributed by atoms with van der Waals surface area (Å²) >= 11 is 5.95. The highest BCUT2D eigenvalue weighted by Gasteiger charge is 2.19. The van der Waals surface area contributed by atoms with Gasteiger partial charge in [0, 0.05) is 7.05 Å². The molecule has 0 aliphatic heterocycles. The van der Waals surface area contributed by atoms with Crippen LogP contribution in [0.25, 0.3) is 0 Å². The van der Waals surface area contributed by atoms with Crippen molar-refractivity contribution >= 4 is 23.4 Å². The summed E-state index contributed by atoms with van der Waals surface area (Å²) in [5.74, 6) is 0.133. The lowest BCUT2D eigenvalue weighted by molar-refractivity contribution is 0.0593. The minimum Gasteiger partial charge on any atom is -0.474 e. The highest BCUT2D eigenvalue weighted by molar-refractivity contribution is 6.33. The SMILES string of the molecule is CNc1nc(OC(C)C)c(C(=O)OC)cc1Cl. The Balaban J connectivity index is 3.25. The predicted octanol–water partition coefficient (Wildman–Crippen LogP) is 2.35. The standard InChI is InChI=1S/C11H15ClN2O3/c1-6(2)17-10-7(11(15)16-4)5-8(12)9(13-3)14-10/h5-6H,1-4H3,(H,13,14). The van der Waals surface area contributed by atoms with Gasteiger partial charge >= 0.3 is 5.97 Å². The summed E-state index contributed by atoms with van der Waals surface area (Å²) in [5.41, 5.74) is 0.213. The summed E-state index contributed by atoms with van der Waals surface area (Å²) in [7, 11) is 2.98. The maximum Gasteiger partial charge on any atom is 0.343 e. The molecule has 0 amide bonds. The summed E-state index contributed by atoms with van der Waals surface area (Å²) in [6.07, 6.45) is -0.100. The molecule has 0 aromatic carbocycles. The summed E-state index contributed by atoms with van der Waals surface area (Å²) in [5, 5.41) is 3.15. The van der Waals surface area contributed by atoms with Gasteiger partial charge in [-0.25, -0.2) is 4.79 Å². The van der Waals surface area contributed by atoms with E-state index in [0.29, 0.717) is 10.8 Å². The Morgan fingerprint density at radius 1 is 1.53 bits per heavy atom. The van der Waals surface area contributed by atoms with Gasteiger partial charge in [-0.3, -0.25) is 0 Å². The predicted molar refractivity (Wildman–Crippen MR) is 65.9 cm³/mol. The first kappa shape index (κ1) is 13.6. The fourth-order valence-electron chi connectivity index (χ4n) is 1.22. The first-order valence-corrected chi connectivity index (χ1v) is 5.50. The van der Waals surface area contributed by atoms with E-state index in [-0.39, 0.29) is 17.5 Å². The number of rotatable bonds is 4. The van der Waals surface area contributed by atoms with Crippen LogP contribution in [-0.4, -0.2) is 31.2 Å². The van der Waals surface area contributed by atoms with Crippen molar-refractivity contribution in [1.29, 1.82) is 0 Å². The molecular weight excluding hydrogens is 244 g/mol. The van der Waals surface area contributed by atoms with Crippen molar-refractivity contribution in [3.8, 4) is 5.88 Å². The van der Waals surface area contributed by atoms with Gasteiger partial charge in [-0.2, -0.15) is 4.98 Å². The van der Waals surface area contributed by atoms with E-state index in [2.05, 4.69) is 15.0 Å². The molecule has 0 unspecified atom stereocenters. The van der Waals surface area contributed by atoms with Gasteiger partial charge in [-0.15, -0.1) is 0 Å². The number of anilines is 1. The van der Waals surface area contributed by atoms with Crippen LogP contribution in [0.15, 0.2) is 6.07 Å². The van der Waals surface area contributed by atoms with Crippen LogP contribution >= 0.6 is 11.6 Å². The van der Waals surface area contributed by atoms with Crippen LogP contribution in [0.3, 0.4) is 0 Å². The number of esters is 1. The van der Waals surface area contributed by atoms with Crippen LogP contribution in [0.1, 0.15) is 24.2 Å². The van der Waals surface area contributed by atoms with Gasteiger partial charge in [0.1, 0.15) is 11.4 Å². The van der Waals surface area contributed by atoms with Crippen LogP contribution in [-0.2, 0) is 4.74 Å². The number of pyridine rings is 1. The van der Waals surface area contributed by atoms with E-state index in [1.807, 2.05) is 13.8 Å². The van der Waals surface area contributed by atoms with Gasteiger partial charge in [0.05, 0.1) is 18.2 Å². The van der Waals surface area contributed by atoms with Crippen LogP contribution in [0.2, 0.25) is 5.02 Å². The molecule has 1 aromatic heterocycles. The molecule has 17 heavy (non-hydrogen) atoms. The maximum atomic E-state index is 11.5. The molecule has 94 valence electrons. The van der Waals surface area contributed by atoms with Crippen molar-refractivity contribution in [2.45, 2.75) is 20.0 Å². The Kier molecular flexibility index (Phi) is 4.57. The van der Waals surface area contributed by atoms with Gasteiger partial charge in [0.25, 0.3) is 0 Å². The van der Waals surface area contributed by atoms with Gasteiger partial charge in [0.2, 0.25) is 5.88 Å². The quantitative estimate of drug-likeness (QED) is 0.840. The minimum atomic E-state index is -0.530. The zero-order valence-electron chi connectivity index (χ0n) is 10.2. The van der Waals surface area contributed by atoms with Crippen molar-refractivity contribution < 1.29 is 14.3 Å². The highest BCUT2D eigenvalue weighted by Crippen LogP contribution is 2.28. The number of carbonyl (C=O) groups is 1. The molecule has 0 aliphatic rings. The Labute approximate surface area is 105 Å². The topological polar surface area (TPSA) is 60.5 Å². The average molecular weight is 259 g/mol. The average Bonchev–Trinajstić information content (AvgIpc) is 2.29. The van der Waals surface area contributed by atoms with Crippen molar-refractivity contribution in [3.63, 3.8) is 0 Å². The highest BCUT2D eigenvalue weighted by atomic mass is 35.5. The van der Waals surface area contributed by atoms with Crippen molar-refractivity contribution in [1.82, 2.24) is 4.98 Å². The van der Waals surface area contributed by atoms with Crippen LogP contribution in [0.4, 0.5) is 5.82 Å². The second-order valence-electron chi connectivity index (χ2n) is 3.58. The van der Waals surface area contributed by atoms with Gasteiger partial charge < -0.3 is 14.8 Å². The number of carbonyl (C=O) groups excluding carboxylic acids is 1. The molecule has 1 aromatic rings. The zero-order valence-corrected chi connectivity index (χ0v) is 11.0. The first-order valence-electron chi connectivity index (χ1n) is 5.12. The Hall–Kier alpha value is -1.49. The zero-order chi connectivity index (χ0) is 13.0. The molecule has 1 rings (SSSR count). The van der Waals surface area contributed by atoms with E-state index in [0.717, 1.165) is 0 Å². The molecule has 0 aliphatic carbocycles. The van der Waals surface area contributed by atoms with Crippen LogP contribution in [0.5, 0.6) is 5.88 Å². The lowest BCUT2D eigenvalue weighted by Crippen LogP contribution is -2.13. The molecule has 0 bridgehead atoms. The molecule has 5 nitrogen and oxygen atoms in total. The van der Waals surface area contributed by atoms with E-state index in [9.17, 15) is 4.79 Å². The van der Waals surface area contributed by atoms with Crippen LogP contribution < -0.4 is 10.1 Å². The van der Waals surface area contributed by atoms with E-state index in [1.54, 1.807) is 7.05 Å². The first-order chi connectivity index (χ1) is 7.99. The number of nitrogens with one attached hydrogen (secondary N) is 1. The fourth-order valence-corrected chi connectivity index (χ4v) is 1.46. The summed E-state index contributed by atoms with van der Waals surface area (Å²) in [6, 6.07) is 1.48. The number of halogens is 1. The Morgan fingerprint density at radius 3 is 2.65 bits per heavy atom. The minimum absolute atomic E-state index is 0.100. The summed E-state index contributed by atoms with van der Waals surface area (Å²) < 4.78 is 10.1. The Morgan fingerprint density at radius 2 is 2.18 bits per heavy atom. The molecule has 1 N–H and O–H groups in total. The molecule has 0 fully saturated rings. The van der Waals surface area contributed by atoms with E-state index < -0.39 is 5.97 Å². The summed E-state index contributed by atoms with van der Waals surface area (Å²) in [6.45, 7) is 3.69. The lowest BCUT2D eigenvalue weighted by Gasteiger charge is -2.14. The van der Waals surface area contributed by atoms with E-state index in [4.69, 9.17) is 16.3 Å². The third-order valence-corrected chi connectivity index (χ3v) is 2.22. The smallest absolute Gasteiger partial charge is 0.343 e. The van der Waals surface area contributed by atoms with E-state index in [1.165, 1.54) is 13.2 Å². The van der Waals surface area contributed by atoms with Gasteiger partial charge in [0.15, 0.2) is 0 Å². The second kappa shape index (κ2) is 5.72. The molecule has 0 saturated heterocycles. The molecule has 0 atom stereocenters. The van der Waals surface area contributed by atoms with Crippen molar-refractivity contribution in [2.75, 3.05) is 19.5 Å². The third-order valence-electron chi connectivity index (χ3n) is 1.93. The molecule has 0 saturated carbocycles. The number of aromatic nitrogens is 1. The van der Waals surface area contributed by atoms with Crippen LogP contribution in [0, 0.1) is 0 Å². The van der Waals surface area contributed by atoms with Gasteiger partial charge in [-0.05, 0) is 19.9 Å². The third kappa shape index (κ3) is 3.23. The number of ether oxygens (including phenoxy) is 2. The van der Waals surface area contributed by atoms with Crippen molar-refractivity contribution in [2.24, 2.45) is 0 Å². The van der Waals surface area contributed by atoms with E-state index >= 15 is 0 Å². The monoisotopic (exact) mass is 258 g/mol. The number of hydrogen-bond acceptors (Lipinski definition) is 5. The molecule has 1 heterocycles. The molecule has 6 heteroatoms. The summed E-state index contributed by atoms with van der Waals surface area (Å²) in [4.78, 5) is 15.7. The normalized spacial score (nSPS) is 10.2. The largest absolute Gasteiger partial charge is 0.474 e. The fraction of sp³-hybridized carbons (Fsp3) is 0.455. The number of nitrogens with zero attached hydrogens (tertiary/aromatic N) is 1. The number of methoxy groups -OCH3 is 1. The van der Waals surface area contributed by atoms with Gasteiger partial charge in [-0.1, -0.05) is 11.6 Å². The number of hydrogen-bond donors (Lipinski definition) is 1. The molecule has 0 radical (unpaired) electrons.